The average molecular weight is 369 g/mol. The summed E-state index contributed by atoms with van der Waals surface area (Å²) in [6, 6.07) is 7.07. The van der Waals surface area contributed by atoms with Crippen LogP contribution in [0.3, 0.4) is 0 Å². The van der Waals surface area contributed by atoms with Gasteiger partial charge in [-0.25, -0.2) is 0 Å². The largest absolute Gasteiger partial charge is 0.369 e. The number of piperazine rings is 1. The van der Waals surface area contributed by atoms with Crippen molar-refractivity contribution in [2.24, 2.45) is 16.7 Å². The highest BCUT2D eigenvalue weighted by molar-refractivity contribution is 5.61. The number of para-hydroxylation sites is 1. The van der Waals surface area contributed by atoms with Crippen molar-refractivity contribution in [2.45, 2.75) is 72.6 Å². The zero-order valence-corrected chi connectivity index (χ0v) is 18.4. The topological polar surface area (TPSA) is 6.48 Å². The lowest BCUT2D eigenvalue weighted by Gasteiger charge is -2.46. The first-order valence-corrected chi connectivity index (χ1v) is 11.3. The molecule has 0 radical (unpaired) electrons. The fraction of sp³-hybridized carbons (Fsp3) is 0.760. The Morgan fingerprint density at radius 3 is 2.15 bits per heavy atom. The fourth-order valence-corrected chi connectivity index (χ4v) is 6.33. The third-order valence-electron chi connectivity index (χ3n) is 7.17. The van der Waals surface area contributed by atoms with Crippen molar-refractivity contribution in [2.75, 3.05) is 37.6 Å². The van der Waals surface area contributed by atoms with E-state index in [0.29, 0.717) is 16.7 Å². The third-order valence-corrected chi connectivity index (χ3v) is 7.17. The maximum atomic E-state index is 2.71. The number of anilines is 1. The molecule has 0 aromatic heterocycles. The molecule has 27 heavy (non-hydrogen) atoms. The van der Waals surface area contributed by atoms with Crippen LogP contribution in [0, 0.1) is 23.7 Å². The number of aryl methyl sites for hydroxylation is 1. The van der Waals surface area contributed by atoms with E-state index in [1.807, 2.05) is 0 Å². The Morgan fingerprint density at radius 1 is 0.926 bits per heavy atom. The van der Waals surface area contributed by atoms with Gasteiger partial charge in [-0.15, -0.1) is 0 Å². The summed E-state index contributed by atoms with van der Waals surface area (Å²) in [7, 11) is 0. The van der Waals surface area contributed by atoms with Crippen LogP contribution in [-0.2, 0) is 0 Å². The number of benzene rings is 1. The van der Waals surface area contributed by atoms with Gasteiger partial charge < -0.3 is 4.90 Å². The molecule has 2 aliphatic carbocycles. The highest BCUT2D eigenvalue weighted by Crippen LogP contribution is 2.53. The second-order valence-electron chi connectivity index (χ2n) is 11.4. The number of hydrogen-bond donors (Lipinski definition) is 0. The van der Waals surface area contributed by atoms with Crippen molar-refractivity contribution >= 4 is 5.69 Å². The summed E-state index contributed by atoms with van der Waals surface area (Å²) in [5.74, 6) is 1.71. The summed E-state index contributed by atoms with van der Waals surface area (Å²) >= 11 is 0. The van der Waals surface area contributed by atoms with E-state index in [-0.39, 0.29) is 0 Å². The molecule has 2 nitrogen and oxygen atoms in total. The van der Waals surface area contributed by atoms with Crippen molar-refractivity contribution in [1.29, 1.82) is 0 Å². The molecule has 1 heterocycles. The van der Waals surface area contributed by atoms with Crippen LogP contribution in [0.25, 0.3) is 0 Å². The molecule has 0 atom stereocenters. The summed E-state index contributed by atoms with van der Waals surface area (Å²) in [6.45, 7) is 18.5. The maximum absolute atomic E-state index is 2.71. The van der Waals surface area contributed by atoms with Gasteiger partial charge in [0.05, 0.1) is 0 Å². The molecule has 1 aliphatic heterocycles. The van der Waals surface area contributed by atoms with Gasteiger partial charge in [0.25, 0.3) is 0 Å². The highest BCUT2D eigenvalue weighted by atomic mass is 15.3. The van der Waals surface area contributed by atoms with Crippen LogP contribution in [0.5, 0.6) is 0 Å². The number of rotatable bonds is 4. The second kappa shape index (κ2) is 7.10. The van der Waals surface area contributed by atoms with Crippen LogP contribution < -0.4 is 4.90 Å². The quantitative estimate of drug-likeness (QED) is 0.658. The Labute approximate surface area is 167 Å². The Morgan fingerprint density at radius 2 is 1.56 bits per heavy atom. The first-order valence-electron chi connectivity index (χ1n) is 11.3. The van der Waals surface area contributed by atoms with Gasteiger partial charge in [0.15, 0.2) is 0 Å². The van der Waals surface area contributed by atoms with E-state index in [9.17, 15) is 0 Å². The molecule has 4 rings (SSSR count). The van der Waals surface area contributed by atoms with E-state index in [4.69, 9.17) is 0 Å². The van der Waals surface area contributed by atoms with E-state index >= 15 is 0 Å². The fourth-order valence-electron chi connectivity index (χ4n) is 6.33. The summed E-state index contributed by atoms with van der Waals surface area (Å²) in [4.78, 5) is 5.42. The molecule has 1 saturated heterocycles. The molecule has 1 aromatic rings. The summed E-state index contributed by atoms with van der Waals surface area (Å²) in [5, 5.41) is 0. The first kappa shape index (κ1) is 19.3. The minimum absolute atomic E-state index is 0.441. The standard InChI is InChI=1S/C25H40N2/c1-19-7-6-8-22(21-15-24(2,3)18-25(4,5)16-21)23(19)27-13-11-26(12-14-27)17-20-9-10-20/h6-8,20-21H,9-18H2,1-5H3. The zero-order valence-electron chi connectivity index (χ0n) is 18.4. The van der Waals surface area contributed by atoms with Crippen molar-refractivity contribution in [1.82, 2.24) is 4.90 Å². The monoisotopic (exact) mass is 368 g/mol. The summed E-state index contributed by atoms with van der Waals surface area (Å²) < 4.78 is 0. The minimum Gasteiger partial charge on any atom is -0.369 e. The molecule has 1 aromatic carbocycles. The van der Waals surface area contributed by atoms with Gasteiger partial charge in [0, 0.05) is 38.4 Å². The predicted molar refractivity (Wildman–Crippen MR) is 117 cm³/mol. The molecule has 3 aliphatic rings. The molecule has 0 N–H and O–H groups in total. The lowest BCUT2D eigenvalue weighted by atomic mass is 9.60. The van der Waals surface area contributed by atoms with E-state index < -0.39 is 0 Å². The summed E-state index contributed by atoms with van der Waals surface area (Å²) in [5.41, 5.74) is 5.56. The van der Waals surface area contributed by atoms with Crippen LogP contribution in [-0.4, -0.2) is 37.6 Å². The normalized spacial score (nSPS) is 26.3. The molecule has 0 amide bonds. The molecule has 0 bridgehead atoms. The molecule has 2 heteroatoms. The SMILES string of the molecule is Cc1cccc(C2CC(C)(C)CC(C)(C)C2)c1N1CCN(CC2CC2)CC1. The molecule has 0 unspecified atom stereocenters. The zero-order chi connectivity index (χ0) is 19.2. The van der Waals surface area contributed by atoms with E-state index in [2.05, 4.69) is 62.6 Å². The molecule has 0 spiro atoms. The van der Waals surface area contributed by atoms with E-state index in [0.717, 1.165) is 5.92 Å². The number of hydrogen-bond acceptors (Lipinski definition) is 2. The van der Waals surface area contributed by atoms with Crippen LogP contribution >= 0.6 is 0 Å². The van der Waals surface area contributed by atoms with Crippen LogP contribution in [0.2, 0.25) is 0 Å². The van der Waals surface area contributed by atoms with Crippen LogP contribution in [0.4, 0.5) is 5.69 Å². The Hall–Kier alpha value is -1.02. The Kier molecular flexibility index (Phi) is 5.08. The maximum Gasteiger partial charge on any atom is 0.0432 e. The average Bonchev–Trinajstić information content (AvgIpc) is 3.37. The smallest absolute Gasteiger partial charge is 0.0432 e. The molecular formula is C25H40N2. The van der Waals surface area contributed by atoms with Crippen LogP contribution in [0.1, 0.15) is 76.8 Å². The van der Waals surface area contributed by atoms with Crippen molar-refractivity contribution in [3.8, 4) is 0 Å². The van der Waals surface area contributed by atoms with Gasteiger partial charge in [-0.3, -0.25) is 4.90 Å². The second-order valence-corrected chi connectivity index (χ2v) is 11.4. The number of nitrogens with zero attached hydrogens (tertiary/aromatic N) is 2. The molecule has 2 saturated carbocycles. The molecule has 150 valence electrons. The van der Waals surface area contributed by atoms with E-state index in [1.165, 1.54) is 70.4 Å². The van der Waals surface area contributed by atoms with Gasteiger partial charge >= 0.3 is 0 Å². The lowest BCUT2D eigenvalue weighted by molar-refractivity contribution is 0.0969. The predicted octanol–water partition coefficient (Wildman–Crippen LogP) is 5.85. The van der Waals surface area contributed by atoms with Crippen molar-refractivity contribution in [3.05, 3.63) is 29.3 Å². The lowest BCUT2D eigenvalue weighted by Crippen LogP contribution is -2.47. The van der Waals surface area contributed by atoms with Crippen molar-refractivity contribution in [3.63, 3.8) is 0 Å². The van der Waals surface area contributed by atoms with Gasteiger partial charge in [0.2, 0.25) is 0 Å². The van der Waals surface area contributed by atoms with Gasteiger partial charge in [-0.2, -0.15) is 0 Å². The molecule has 3 fully saturated rings. The van der Waals surface area contributed by atoms with Crippen molar-refractivity contribution < 1.29 is 0 Å². The third kappa shape index (κ3) is 4.53. The molecular weight excluding hydrogens is 328 g/mol. The van der Waals surface area contributed by atoms with Gasteiger partial charge in [-0.1, -0.05) is 45.9 Å². The minimum atomic E-state index is 0.441. The first-order chi connectivity index (χ1) is 12.7. The van der Waals surface area contributed by atoms with E-state index in [1.54, 1.807) is 11.3 Å². The summed E-state index contributed by atoms with van der Waals surface area (Å²) in [6.07, 6.45) is 6.94. The van der Waals surface area contributed by atoms with Gasteiger partial charge in [-0.05, 0) is 72.8 Å². The Bertz CT molecular complexity index is 647. The Balaban J connectivity index is 1.55. The van der Waals surface area contributed by atoms with Crippen LogP contribution in [0.15, 0.2) is 18.2 Å². The highest BCUT2D eigenvalue weighted by Gasteiger charge is 2.40. The van der Waals surface area contributed by atoms with Gasteiger partial charge in [0.1, 0.15) is 0 Å².